The summed E-state index contributed by atoms with van der Waals surface area (Å²) in [5, 5.41) is 2.55. The first-order valence-electron chi connectivity index (χ1n) is 9.74. The smallest absolute Gasteiger partial charge is 0.244 e. The maximum Gasteiger partial charge on any atom is 0.244 e. The van der Waals surface area contributed by atoms with Gasteiger partial charge in [0.25, 0.3) is 0 Å². The lowest BCUT2D eigenvalue weighted by atomic mass is 10.1. The number of amides is 2. The van der Waals surface area contributed by atoms with Crippen molar-refractivity contribution in [3.63, 3.8) is 0 Å². The first-order valence-corrected chi connectivity index (χ1v) is 12.4. The van der Waals surface area contributed by atoms with E-state index in [2.05, 4.69) is 21.2 Å². The van der Waals surface area contributed by atoms with Crippen molar-refractivity contribution in [3.8, 4) is 0 Å². The van der Waals surface area contributed by atoms with Gasteiger partial charge in [-0.25, -0.2) is 8.42 Å². The number of rotatable bonds is 8. The molecule has 0 unspecified atom stereocenters. The lowest BCUT2D eigenvalue weighted by Crippen LogP contribution is -2.50. The van der Waals surface area contributed by atoms with E-state index >= 15 is 0 Å². The van der Waals surface area contributed by atoms with E-state index in [1.807, 2.05) is 44.2 Å². The number of nitrogens with zero attached hydrogens (tertiary/aromatic N) is 2. The zero-order valence-corrected chi connectivity index (χ0v) is 20.7. The average molecular weight is 510 g/mol. The molecule has 0 aliphatic rings. The second kappa shape index (κ2) is 10.3. The lowest BCUT2D eigenvalue weighted by Gasteiger charge is -2.31. The van der Waals surface area contributed by atoms with Crippen LogP contribution >= 0.6 is 15.9 Å². The van der Waals surface area contributed by atoms with Crippen molar-refractivity contribution in [1.29, 1.82) is 0 Å². The van der Waals surface area contributed by atoms with Crippen LogP contribution in [0, 0.1) is 13.8 Å². The minimum Gasteiger partial charge on any atom is -0.357 e. The Kier molecular flexibility index (Phi) is 8.25. The number of sulfonamides is 1. The number of anilines is 1. The van der Waals surface area contributed by atoms with Gasteiger partial charge in [0.2, 0.25) is 21.8 Å². The Morgan fingerprint density at radius 2 is 1.68 bits per heavy atom. The first kappa shape index (κ1) is 24.9. The molecule has 0 spiro atoms. The molecular weight excluding hydrogens is 482 g/mol. The molecule has 0 saturated heterocycles. The third kappa shape index (κ3) is 6.54. The van der Waals surface area contributed by atoms with Crippen molar-refractivity contribution in [3.05, 3.63) is 63.6 Å². The standard InChI is InChI=1S/C22H28BrN3O4S/c1-15-6-11-20(12-16(15)2)26(31(5,29)30)14-21(27)25(17(3)22(28)24-4)13-18-7-9-19(23)10-8-18/h6-12,17H,13-14H2,1-5H3,(H,24,28)/t17-/m1/s1. The van der Waals surface area contributed by atoms with Crippen molar-refractivity contribution in [2.75, 3.05) is 24.2 Å². The fraction of sp³-hybridized carbons (Fsp3) is 0.364. The van der Waals surface area contributed by atoms with Crippen LogP contribution < -0.4 is 9.62 Å². The number of likely N-dealkylation sites (N-methyl/N-ethyl adjacent to an activating group) is 1. The van der Waals surface area contributed by atoms with E-state index in [-0.39, 0.29) is 12.5 Å². The topological polar surface area (TPSA) is 86.8 Å². The molecular formula is C22H28BrN3O4S. The molecule has 0 saturated carbocycles. The minimum atomic E-state index is -3.73. The Hall–Kier alpha value is -2.39. The Labute approximate surface area is 192 Å². The van der Waals surface area contributed by atoms with Crippen molar-refractivity contribution in [1.82, 2.24) is 10.2 Å². The summed E-state index contributed by atoms with van der Waals surface area (Å²) in [5.41, 5.74) is 3.18. The van der Waals surface area contributed by atoms with E-state index in [1.54, 1.807) is 19.1 Å². The zero-order valence-electron chi connectivity index (χ0n) is 18.3. The van der Waals surface area contributed by atoms with Crippen LogP contribution in [0.5, 0.6) is 0 Å². The van der Waals surface area contributed by atoms with E-state index in [0.717, 1.165) is 31.7 Å². The molecule has 2 aromatic rings. The molecule has 2 rings (SSSR count). The van der Waals surface area contributed by atoms with E-state index in [1.165, 1.54) is 11.9 Å². The van der Waals surface area contributed by atoms with Crippen LogP contribution in [0.1, 0.15) is 23.6 Å². The zero-order chi connectivity index (χ0) is 23.3. The largest absolute Gasteiger partial charge is 0.357 e. The molecule has 0 heterocycles. The van der Waals surface area contributed by atoms with E-state index in [9.17, 15) is 18.0 Å². The molecule has 0 aliphatic heterocycles. The first-order chi connectivity index (χ1) is 14.4. The Balaban J connectivity index is 2.39. The fourth-order valence-corrected chi connectivity index (χ4v) is 4.18. The molecule has 9 heteroatoms. The molecule has 0 aliphatic carbocycles. The van der Waals surface area contributed by atoms with Crippen LogP contribution in [0.2, 0.25) is 0 Å². The van der Waals surface area contributed by atoms with Gasteiger partial charge < -0.3 is 10.2 Å². The van der Waals surface area contributed by atoms with Crippen LogP contribution in [0.25, 0.3) is 0 Å². The van der Waals surface area contributed by atoms with E-state index < -0.39 is 28.5 Å². The molecule has 31 heavy (non-hydrogen) atoms. The maximum absolute atomic E-state index is 13.3. The molecule has 1 N–H and O–H groups in total. The molecule has 7 nitrogen and oxygen atoms in total. The normalized spacial score (nSPS) is 12.2. The van der Waals surface area contributed by atoms with E-state index in [0.29, 0.717) is 5.69 Å². The van der Waals surface area contributed by atoms with Crippen LogP contribution in [0.15, 0.2) is 46.9 Å². The second-order valence-electron chi connectivity index (χ2n) is 7.48. The summed E-state index contributed by atoms with van der Waals surface area (Å²) >= 11 is 3.38. The minimum absolute atomic E-state index is 0.172. The molecule has 1 atom stereocenters. The van der Waals surface area contributed by atoms with Crippen molar-refractivity contribution in [2.24, 2.45) is 0 Å². The Morgan fingerprint density at radius 3 is 2.19 bits per heavy atom. The summed E-state index contributed by atoms with van der Waals surface area (Å²) in [5.74, 6) is -0.801. The molecule has 0 fully saturated rings. The summed E-state index contributed by atoms with van der Waals surface area (Å²) in [4.78, 5) is 27.0. The predicted octanol–water partition coefficient (Wildman–Crippen LogP) is 3.00. The van der Waals surface area contributed by atoms with Gasteiger partial charge in [-0.1, -0.05) is 34.1 Å². The third-order valence-electron chi connectivity index (χ3n) is 5.14. The van der Waals surface area contributed by atoms with Gasteiger partial charge >= 0.3 is 0 Å². The molecule has 168 valence electrons. The van der Waals surface area contributed by atoms with Crippen LogP contribution in [-0.2, 0) is 26.2 Å². The quantitative estimate of drug-likeness (QED) is 0.592. The van der Waals surface area contributed by atoms with Gasteiger partial charge in [0.15, 0.2) is 0 Å². The highest BCUT2D eigenvalue weighted by molar-refractivity contribution is 9.10. The van der Waals surface area contributed by atoms with E-state index in [4.69, 9.17) is 0 Å². The van der Waals surface area contributed by atoms with Gasteiger partial charge in [-0.3, -0.25) is 13.9 Å². The van der Waals surface area contributed by atoms with Crippen molar-refractivity contribution in [2.45, 2.75) is 33.4 Å². The maximum atomic E-state index is 13.3. The van der Waals surface area contributed by atoms with Crippen LogP contribution in [0.3, 0.4) is 0 Å². The van der Waals surface area contributed by atoms with Gasteiger partial charge in [0, 0.05) is 18.1 Å². The number of halogens is 1. The fourth-order valence-electron chi connectivity index (χ4n) is 3.07. The van der Waals surface area contributed by atoms with Crippen molar-refractivity contribution >= 4 is 43.5 Å². The number of nitrogens with one attached hydrogen (secondary N) is 1. The van der Waals surface area contributed by atoms with Gasteiger partial charge in [0.05, 0.1) is 11.9 Å². The van der Waals surface area contributed by atoms with Gasteiger partial charge in [-0.15, -0.1) is 0 Å². The third-order valence-corrected chi connectivity index (χ3v) is 6.81. The molecule has 2 aromatic carbocycles. The number of carbonyl (C=O) groups excluding carboxylic acids is 2. The summed E-state index contributed by atoms with van der Waals surface area (Å²) in [7, 11) is -2.23. The number of carbonyl (C=O) groups is 2. The highest BCUT2D eigenvalue weighted by Gasteiger charge is 2.29. The number of hydrogen-bond donors (Lipinski definition) is 1. The Morgan fingerprint density at radius 1 is 1.06 bits per heavy atom. The predicted molar refractivity (Wildman–Crippen MR) is 126 cm³/mol. The van der Waals surface area contributed by atoms with Gasteiger partial charge in [0.1, 0.15) is 12.6 Å². The lowest BCUT2D eigenvalue weighted by molar-refractivity contribution is -0.139. The molecule has 0 bridgehead atoms. The number of hydrogen-bond acceptors (Lipinski definition) is 4. The van der Waals surface area contributed by atoms with Crippen molar-refractivity contribution < 1.29 is 18.0 Å². The van der Waals surface area contributed by atoms with Crippen LogP contribution in [-0.4, -0.2) is 51.0 Å². The summed E-state index contributed by atoms with van der Waals surface area (Å²) in [6, 6.07) is 11.9. The summed E-state index contributed by atoms with van der Waals surface area (Å²) in [6.45, 7) is 5.20. The second-order valence-corrected chi connectivity index (χ2v) is 10.3. The monoisotopic (exact) mass is 509 g/mol. The average Bonchev–Trinajstić information content (AvgIpc) is 2.71. The SMILES string of the molecule is CNC(=O)[C@@H](C)N(Cc1ccc(Br)cc1)C(=O)CN(c1ccc(C)c(C)c1)S(C)(=O)=O. The van der Waals surface area contributed by atoms with Crippen LogP contribution in [0.4, 0.5) is 5.69 Å². The summed E-state index contributed by atoms with van der Waals surface area (Å²) < 4.78 is 27.0. The number of benzene rings is 2. The van der Waals surface area contributed by atoms with Gasteiger partial charge in [-0.2, -0.15) is 0 Å². The molecule has 0 aromatic heterocycles. The molecule has 2 amide bonds. The summed E-state index contributed by atoms with van der Waals surface area (Å²) in [6.07, 6.45) is 1.07. The highest BCUT2D eigenvalue weighted by Crippen LogP contribution is 2.22. The Bertz CT molecular complexity index is 1050. The number of aryl methyl sites for hydroxylation is 2. The molecule has 0 radical (unpaired) electrons. The highest BCUT2D eigenvalue weighted by atomic mass is 79.9. The van der Waals surface area contributed by atoms with Gasteiger partial charge in [-0.05, 0) is 61.7 Å².